The van der Waals surface area contributed by atoms with Crippen LogP contribution in [0.25, 0.3) is 0 Å². The summed E-state index contributed by atoms with van der Waals surface area (Å²) in [5.41, 5.74) is 0. The molecule has 12 heavy (non-hydrogen) atoms. The standard InChI is InChI=1S/C3H14O4Si4.O/c1-2-3-11-6-9-4-8-5-10-7-11;/h11H,2-3,8-10H2,1H3;. The van der Waals surface area contributed by atoms with Gasteiger partial charge in [0.2, 0.25) is 0 Å². The first-order valence-corrected chi connectivity index (χ1v) is 9.04. The molecule has 0 aliphatic carbocycles. The third kappa shape index (κ3) is 5.34. The molecule has 1 aliphatic heterocycles. The van der Waals surface area contributed by atoms with Gasteiger partial charge in [-0.3, -0.25) is 0 Å². The molecule has 1 saturated heterocycles. The van der Waals surface area contributed by atoms with E-state index in [0.717, 1.165) is 12.5 Å². The molecule has 5 nitrogen and oxygen atoms in total. The van der Waals surface area contributed by atoms with Gasteiger partial charge in [0.1, 0.15) is 0 Å². The van der Waals surface area contributed by atoms with Crippen LogP contribution in [0.1, 0.15) is 13.3 Å². The Kier molecular flexibility index (Phi) is 8.73. The van der Waals surface area contributed by atoms with E-state index < -0.39 is 39.3 Å². The molecule has 0 aromatic carbocycles. The second-order valence-corrected chi connectivity index (χ2v) is 10.4. The Morgan fingerprint density at radius 2 is 1.67 bits per heavy atom. The average Bonchev–Trinajstić information content (AvgIpc) is 1.94. The monoisotopic (exact) mass is 242 g/mol. The van der Waals surface area contributed by atoms with Gasteiger partial charge in [-0.15, -0.1) is 0 Å². The minimum Gasteiger partial charge on any atom is -0.425 e. The summed E-state index contributed by atoms with van der Waals surface area (Å²) in [6.07, 6.45) is 1.15. The first-order chi connectivity index (χ1) is 5.43. The van der Waals surface area contributed by atoms with Crippen molar-refractivity contribution in [2.45, 2.75) is 19.4 Å². The van der Waals surface area contributed by atoms with Crippen molar-refractivity contribution in [3.05, 3.63) is 0 Å². The van der Waals surface area contributed by atoms with E-state index in [9.17, 15) is 0 Å². The molecule has 0 spiro atoms. The Morgan fingerprint density at radius 1 is 1.08 bits per heavy atom. The molecule has 0 aromatic heterocycles. The summed E-state index contributed by atoms with van der Waals surface area (Å²) in [5.74, 6) is 0. The van der Waals surface area contributed by atoms with E-state index in [4.69, 9.17) is 16.5 Å². The normalized spacial score (nSPS) is 31.2. The largest absolute Gasteiger partial charge is 0.425 e. The Hall–Kier alpha value is 0.668. The van der Waals surface area contributed by atoms with E-state index in [2.05, 4.69) is 6.92 Å². The topological polar surface area (TPSA) is 65.4 Å². The van der Waals surface area contributed by atoms with Crippen LogP contribution in [0.2, 0.25) is 6.04 Å². The minimum atomic E-state index is -1.30. The van der Waals surface area contributed by atoms with Crippen LogP contribution in [0.4, 0.5) is 0 Å². The fourth-order valence-electron chi connectivity index (χ4n) is 0.825. The number of hydrogen-bond donors (Lipinski definition) is 0. The van der Waals surface area contributed by atoms with Gasteiger partial charge in [0, 0.05) is 5.48 Å². The third-order valence-electron chi connectivity index (χ3n) is 1.37. The van der Waals surface area contributed by atoms with Crippen molar-refractivity contribution >= 4 is 39.3 Å². The smallest absolute Gasteiger partial charge is 0.303 e. The first kappa shape index (κ1) is 12.7. The summed E-state index contributed by atoms with van der Waals surface area (Å²) >= 11 is 0. The molecule has 0 N–H and O–H groups in total. The van der Waals surface area contributed by atoms with Crippen LogP contribution >= 0.6 is 0 Å². The van der Waals surface area contributed by atoms with Crippen molar-refractivity contribution in [3.63, 3.8) is 0 Å². The summed E-state index contributed by atoms with van der Waals surface area (Å²) < 4.78 is 21.6. The lowest BCUT2D eigenvalue weighted by atomic mass is 10.6. The molecule has 0 saturated carbocycles. The van der Waals surface area contributed by atoms with E-state index in [0.29, 0.717) is 0 Å². The fraction of sp³-hybridized carbons (Fsp3) is 1.00. The molecular weight excluding hydrogens is 228 g/mol. The van der Waals surface area contributed by atoms with Crippen molar-refractivity contribution in [2.75, 3.05) is 0 Å². The van der Waals surface area contributed by atoms with Gasteiger partial charge in [-0.1, -0.05) is 13.3 Å². The summed E-state index contributed by atoms with van der Waals surface area (Å²) in [4.78, 5) is 0. The zero-order valence-electron chi connectivity index (χ0n) is 7.15. The predicted molar refractivity (Wildman–Crippen MR) is 52.9 cm³/mol. The molecular formula is C3H14O5Si4. The molecule has 0 atom stereocenters. The highest BCUT2D eigenvalue weighted by Crippen LogP contribution is 2.00. The van der Waals surface area contributed by atoms with Crippen LogP contribution in [0.15, 0.2) is 0 Å². The summed E-state index contributed by atoms with van der Waals surface area (Å²) in [5, 5.41) is 0. The minimum absolute atomic E-state index is 0. The van der Waals surface area contributed by atoms with Crippen molar-refractivity contribution in [1.82, 2.24) is 0 Å². The van der Waals surface area contributed by atoms with Crippen molar-refractivity contribution < 1.29 is 21.9 Å². The molecule has 0 bridgehead atoms. The van der Waals surface area contributed by atoms with Crippen LogP contribution < -0.4 is 0 Å². The fourth-order valence-corrected chi connectivity index (χ4v) is 9.67. The van der Waals surface area contributed by atoms with Crippen molar-refractivity contribution in [3.8, 4) is 0 Å². The van der Waals surface area contributed by atoms with Gasteiger partial charge in [0.15, 0.2) is 0 Å². The van der Waals surface area contributed by atoms with E-state index in [1.807, 2.05) is 0 Å². The van der Waals surface area contributed by atoms with Crippen LogP contribution in [0.3, 0.4) is 0 Å². The third-order valence-corrected chi connectivity index (χ3v) is 9.14. The molecule has 1 rings (SSSR count). The lowest BCUT2D eigenvalue weighted by molar-refractivity contribution is 0.328. The van der Waals surface area contributed by atoms with Crippen LogP contribution in [-0.4, -0.2) is 39.3 Å². The SMILES string of the molecule is CCC[SiH]1O[SiH2]O[SiH2]O[SiH2]O1.[O]. The van der Waals surface area contributed by atoms with Gasteiger partial charge in [-0.05, 0) is 6.04 Å². The lowest BCUT2D eigenvalue weighted by Gasteiger charge is -2.19. The van der Waals surface area contributed by atoms with E-state index in [1.54, 1.807) is 0 Å². The molecule has 0 amide bonds. The highest BCUT2D eigenvalue weighted by Gasteiger charge is 2.13. The van der Waals surface area contributed by atoms with Crippen LogP contribution in [0.5, 0.6) is 0 Å². The summed E-state index contributed by atoms with van der Waals surface area (Å²) in [6, 6.07) is 1.11. The number of hydrogen-bond acceptors (Lipinski definition) is 4. The van der Waals surface area contributed by atoms with Crippen molar-refractivity contribution in [1.29, 1.82) is 0 Å². The quantitative estimate of drug-likeness (QED) is 0.505. The highest BCUT2D eigenvalue weighted by atomic mass is 28.4. The van der Waals surface area contributed by atoms with Crippen LogP contribution in [-0.2, 0) is 21.9 Å². The second kappa shape index (κ2) is 8.27. The Bertz CT molecular complexity index is 96.7. The first-order valence-electron chi connectivity index (χ1n) is 3.82. The maximum atomic E-state index is 5.55. The Balaban J connectivity index is 0.00000121. The second-order valence-electron chi connectivity index (χ2n) is 2.31. The highest BCUT2D eigenvalue weighted by molar-refractivity contribution is 6.59. The number of rotatable bonds is 2. The van der Waals surface area contributed by atoms with Gasteiger partial charge in [-0.25, -0.2) is 0 Å². The van der Waals surface area contributed by atoms with Gasteiger partial charge < -0.3 is 16.5 Å². The van der Waals surface area contributed by atoms with Gasteiger partial charge >= 0.3 is 9.28 Å². The molecule has 0 unspecified atom stereocenters. The van der Waals surface area contributed by atoms with E-state index >= 15 is 0 Å². The van der Waals surface area contributed by atoms with E-state index in [-0.39, 0.29) is 5.48 Å². The van der Waals surface area contributed by atoms with Crippen molar-refractivity contribution in [2.24, 2.45) is 0 Å². The molecule has 1 fully saturated rings. The molecule has 1 aliphatic rings. The molecule has 0 aromatic rings. The zero-order valence-corrected chi connectivity index (χ0v) is 12.6. The molecule has 72 valence electrons. The predicted octanol–water partition coefficient (Wildman–Crippen LogP) is -2.43. The molecule has 2 radical (unpaired) electrons. The zero-order chi connectivity index (χ0) is 7.94. The van der Waals surface area contributed by atoms with Crippen LogP contribution in [0, 0.1) is 0 Å². The van der Waals surface area contributed by atoms with Gasteiger partial charge in [0.25, 0.3) is 30.0 Å². The lowest BCUT2D eigenvalue weighted by Crippen LogP contribution is -2.32. The van der Waals surface area contributed by atoms with Gasteiger partial charge in [-0.2, -0.15) is 0 Å². The Labute approximate surface area is 81.1 Å². The summed E-state index contributed by atoms with van der Waals surface area (Å²) in [7, 11) is -3.43. The summed E-state index contributed by atoms with van der Waals surface area (Å²) in [6.45, 7) is 2.15. The van der Waals surface area contributed by atoms with Gasteiger partial charge in [0.05, 0.1) is 0 Å². The Morgan fingerprint density at radius 3 is 2.17 bits per heavy atom. The molecule has 1 heterocycles. The molecule has 9 heteroatoms. The maximum absolute atomic E-state index is 5.55. The maximum Gasteiger partial charge on any atom is 0.303 e. The van der Waals surface area contributed by atoms with E-state index in [1.165, 1.54) is 0 Å². The average molecular weight is 242 g/mol.